The van der Waals surface area contributed by atoms with E-state index in [1.54, 1.807) is 12.1 Å². The Morgan fingerprint density at radius 1 is 1.16 bits per heavy atom. The Morgan fingerprint density at radius 2 is 1.95 bits per heavy atom. The zero-order valence-corrected chi connectivity index (χ0v) is 10.6. The summed E-state index contributed by atoms with van der Waals surface area (Å²) in [5.74, 6) is -0.497. The van der Waals surface area contributed by atoms with E-state index in [9.17, 15) is 9.18 Å². The lowest BCUT2D eigenvalue weighted by atomic mass is 10.2. The van der Waals surface area contributed by atoms with Gasteiger partial charge < -0.3 is 10.6 Å². The number of amides is 1. The van der Waals surface area contributed by atoms with E-state index in [0.717, 1.165) is 11.3 Å². The summed E-state index contributed by atoms with van der Waals surface area (Å²) in [5, 5.41) is 5.67. The van der Waals surface area contributed by atoms with Crippen LogP contribution in [0.3, 0.4) is 0 Å². The Kier molecular flexibility index (Phi) is 4.13. The predicted molar refractivity (Wildman–Crippen MR) is 74.7 cm³/mol. The molecule has 0 fully saturated rings. The Balaban J connectivity index is 1.90. The maximum Gasteiger partial charge on any atom is 0.243 e. The van der Waals surface area contributed by atoms with Crippen LogP contribution in [0.4, 0.5) is 15.8 Å². The van der Waals surface area contributed by atoms with Crippen molar-refractivity contribution >= 4 is 17.3 Å². The van der Waals surface area contributed by atoms with E-state index in [1.165, 1.54) is 12.1 Å². The number of benzene rings is 2. The number of anilines is 2. The van der Waals surface area contributed by atoms with Crippen LogP contribution >= 0.6 is 0 Å². The topological polar surface area (TPSA) is 41.1 Å². The lowest BCUT2D eigenvalue weighted by molar-refractivity contribution is -0.114. The van der Waals surface area contributed by atoms with Gasteiger partial charge in [0.2, 0.25) is 5.91 Å². The molecule has 2 aromatic rings. The van der Waals surface area contributed by atoms with Crippen molar-refractivity contribution in [2.75, 3.05) is 17.2 Å². The van der Waals surface area contributed by atoms with Crippen molar-refractivity contribution in [2.45, 2.75) is 6.92 Å². The Hall–Kier alpha value is -2.36. The molecule has 1 amide bonds. The number of halogens is 1. The molecule has 0 aliphatic heterocycles. The molecule has 0 saturated carbocycles. The third-order valence-corrected chi connectivity index (χ3v) is 2.70. The molecule has 0 aromatic heterocycles. The van der Waals surface area contributed by atoms with Crippen molar-refractivity contribution in [3.63, 3.8) is 0 Å². The number of nitrogens with one attached hydrogen (secondary N) is 2. The van der Waals surface area contributed by atoms with Gasteiger partial charge >= 0.3 is 0 Å². The molecule has 3 nitrogen and oxygen atoms in total. The standard InChI is InChI=1S/C15H15FN2O/c1-11-5-2-3-8-14(11)18-15(19)10-17-13-7-4-6-12(16)9-13/h2-9,17H,10H2,1H3,(H,18,19). The van der Waals surface area contributed by atoms with Gasteiger partial charge in [-0.2, -0.15) is 0 Å². The molecule has 19 heavy (non-hydrogen) atoms. The van der Waals surface area contributed by atoms with Gasteiger partial charge in [0.05, 0.1) is 6.54 Å². The Labute approximate surface area is 111 Å². The quantitative estimate of drug-likeness (QED) is 0.884. The molecule has 0 radical (unpaired) electrons. The first-order valence-electron chi connectivity index (χ1n) is 6.00. The zero-order valence-electron chi connectivity index (χ0n) is 10.6. The first kappa shape index (κ1) is 13.1. The maximum atomic E-state index is 13.0. The second-order valence-corrected chi connectivity index (χ2v) is 4.23. The fourth-order valence-electron chi connectivity index (χ4n) is 1.69. The van der Waals surface area contributed by atoms with E-state index < -0.39 is 0 Å². The summed E-state index contributed by atoms with van der Waals surface area (Å²) >= 11 is 0. The van der Waals surface area contributed by atoms with Crippen LogP contribution in [-0.2, 0) is 4.79 Å². The highest BCUT2D eigenvalue weighted by Gasteiger charge is 2.04. The van der Waals surface area contributed by atoms with Crippen LogP contribution in [0.25, 0.3) is 0 Å². The first-order valence-corrected chi connectivity index (χ1v) is 6.00. The van der Waals surface area contributed by atoms with Crippen molar-refractivity contribution in [3.05, 3.63) is 59.9 Å². The van der Waals surface area contributed by atoms with Crippen LogP contribution < -0.4 is 10.6 Å². The number of carbonyl (C=O) groups is 1. The van der Waals surface area contributed by atoms with Crippen LogP contribution in [0, 0.1) is 12.7 Å². The molecule has 0 saturated heterocycles. The van der Waals surface area contributed by atoms with Crippen LogP contribution in [0.15, 0.2) is 48.5 Å². The van der Waals surface area contributed by atoms with Crippen LogP contribution in [0.2, 0.25) is 0 Å². The van der Waals surface area contributed by atoms with Gasteiger partial charge in [-0.15, -0.1) is 0 Å². The molecule has 0 bridgehead atoms. The van der Waals surface area contributed by atoms with Gasteiger partial charge in [-0.05, 0) is 36.8 Å². The van der Waals surface area contributed by atoms with Gasteiger partial charge in [0, 0.05) is 11.4 Å². The zero-order chi connectivity index (χ0) is 13.7. The van der Waals surface area contributed by atoms with E-state index >= 15 is 0 Å². The summed E-state index contributed by atoms with van der Waals surface area (Å²) in [6.45, 7) is 2.02. The first-order chi connectivity index (χ1) is 9.15. The molecule has 0 heterocycles. The molecule has 0 aliphatic carbocycles. The van der Waals surface area contributed by atoms with Crippen molar-refractivity contribution in [2.24, 2.45) is 0 Å². The van der Waals surface area contributed by atoms with Crippen LogP contribution in [0.5, 0.6) is 0 Å². The summed E-state index contributed by atoms with van der Waals surface area (Å²) < 4.78 is 13.0. The average Bonchev–Trinajstić information content (AvgIpc) is 2.39. The summed E-state index contributed by atoms with van der Waals surface area (Å²) in [5.41, 5.74) is 2.37. The Morgan fingerprint density at radius 3 is 2.68 bits per heavy atom. The highest BCUT2D eigenvalue weighted by atomic mass is 19.1. The fraction of sp³-hybridized carbons (Fsp3) is 0.133. The lowest BCUT2D eigenvalue weighted by Crippen LogP contribution is -2.22. The number of para-hydroxylation sites is 1. The molecule has 2 rings (SSSR count). The minimum absolute atomic E-state index is 0.0950. The highest BCUT2D eigenvalue weighted by Crippen LogP contribution is 2.13. The summed E-state index contributed by atoms with van der Waals surface area (Å²) in [7, 11) is 0. The third kappa shape index (κ3) is 3.81. The van der Waals surface area contributed by atoms with Gasteiger partial charge in [-0.25, -0.2) is 4.39 Å². The van der Waals surface area contributed by atoms with E-state index in [0.29, 0.717) is 5.69 Å². The summed E-state index contributed by atoms with van der Waals surface area (Å²) in [6, 6.07) is 13.6. The van der Waals surface area contributed by atoms with E-state index in [-0.39, 0.29) is 18.3 Å². The average molecular weight is 258 g/mol. The number of rotatable bonds is 4. The molecular formula is C15H15FN2O. The molecule has 2 aromatic carbocycles. The monoisotopic (exact) mass is 258 g/mol. The molecular weight excluding hydrogens is 243 g/mol. The SMILES string of the molecule is Cc1ccccc1NC(=O)CNc1cccc(F)c1. The van der Waals surface area contributed by atoms with Gasteiger partial charge in [-0.1, -0.05) is 24.3 Å². The molecule has 0 aliphatic rings. The number of hydrogen-bond acceptors (Lipinski definition) is 2. The lowest BCUT2D eigenvalue weighted by Gasteiger charge is -2.09. The highest BCUT2D eigenvalue weighted by molar-refractivity contribution is 5.94. The molecule has 0 atom stereocenters. The Bertz CT molecular complexity index is 584. The number of aryl methyl sites for hydroxylation is 1. The molecule has 0 unspecified atom stereocenters. The van der Waals surface area contributed by atoms with E-state index in [4.69, 9.17) is 0 Å². The second-order valence-electron chi connectivity index (χ2n) is 4.23. The van der Waals surface area contributed by atoms with Crippen molar-refractivity contribution in [1.29, 1.82) is 0 Å². The van der Waals surface area contributed by atoms with Crippen molar-refractivity contribution in [3.8, 4) is 0 Å². The largest absolute Gasteiger partial charge is 0.376 e. The molecule has 0 spiro atoms. The van der Waals surface area contributed by atoms with Gasteiger partial charge in [0.1, 0.15) is 5.82 Å². The minimum Gasteiger partial charge on any atom is -0.376 e. The molecule has 4 heteroatoms. The maximum absolute atomic E-state index is 13.0. The number of carbonyl (C=O) groups excluding carboxylic acids is 1. The van der Waals surface area contributed by atoms with Gasteiger partial charge in [0.15, 0.2) is 0 Å². The fourth-order valence-corrected chi connectivity index (χ4v) is 1.69. The number of hydrogen-bond donors (Lipinski definition) is 2. The van der Waals surface area contributed by atoms with Gasteiger partial charge in [-0.3, -0.25) is 4.79 Å². The minimum atomic E-state index is -0.329. The van der Waals surface area contributed by atoms with Gasteiger partial charge in [0.25, 0.3) is 0 Å². The molecule has 98 valence electrons. The molecule has 2 N–H and O–H groups in total. The van der Waals surface area contributed by atoms with E-state index in [2.05, 4.69) is 10.6 Å². The third-order valence-electron chi connectivity index (χ3n) is 2.70. The predicted octanol–water partition coefficient (Wildman–Crippen LogP) is 3.18. The smallest absolute Gasteiger partial charge is 0.243 e. The summed E-state index contributed by atoms with van der Waals surface area (Å²) in [4.78, 5) is 11.8. The van der Waals surface area contributed by atoms with Crippen molar-refractivity contribution in [1.82, 2.24) is 0 Å². The second kappa shape index (κ2) is 6.00. The van der Waals surface area contributed by atoms with Crippen LogP contribution in [-0.4, -0.2) is 12.5 Å². The van der Waals surface area contributed by atoms with Crippen molar-refractivity contribution < 1.29 is 9.18 Å². The summed E-state index contributed by atoms with van der Waals surface area (Å²) in [6.07, 6.45) is 0. The van der Waals surface area contributed by atoms with E-state index in [1.807, 2.05) is 31.2 Å². The normalized spacial score (nSPS) is 10.0. The van der Waals surface area contributed by atoms with Crippen LogP contribution in [0.1, 0.15) is 5.56 Å².